The summed E-state index contributed by atoms with van der Waals surface area (Å²) in [6, 6.07) is 8.57. The summed E-state index contributed by atoms with van der Waals surface area (Å²) in [5.41, 5.74) is 2.74. The van der Waals surface area contributed by atoms with Gasteiger partial charge in [0.05, 0.1) is 0 Å². The van der Waals surface area contributed by atoms with E-state index in [0.717, 1.165) is 4.58 Å². The van der Waals surface area contributed by atoms with Crippen LogP contribution in [0.3, 0.4) is 0 Å². The second-order valence-electron chi connectivity index (χ2n) is 3.82. The van der Waals surface area contributed by atoms with Gasteiger partial charge < -0.3 is 4.98 Å². The van der Waals surface area contributed by atoms with Crippen LogP contribution in [0.25, 0.3) is 10.9 Å². The molecule has 0 bridgehead atoms. The molecule has 0 spiro atoms. The molecule has 1 fully saturated rings. The Kier molecular flexibility index (Phi) is 2.45. The maximum Gasteiger partial charge on any atom is 0.0481 e. The molecule has 2 unspecified atom stereocenters. The molecule has 1 aromatic carbocycles. The average molecular weight is 235 g/mol. The van der Waals surface area contributed by atoms with Crippen molar-refractivity contribution in [2.45, 2.75) is 16.8 Å². The number of benzene rings is 1. The Hall–Kier alpha value is -0.540. The van der Waals surface area contributed by atoms with Crippen molar-refractivity contribution in [2.24, 2.45) is 0 Å². The van der Waals surface area contributed by atoms with Crippen LogP contribution in [0.4, 0.5) is 0 Å². The van der Waals surface area contributed by atoms with Crippen molar-refractivity contribution in [1.82, 2.24) is 4.98 Å². The number of nitrogens with one attached hydrogen (secondary N) is 1. The zero-order valence-corrected chi connectivity index (χ0v) is 10.2. The molecule has 3 rings (SSSR count). The highest BCUT2D eigenvalue weighted by molar-refractivity contribution is 8.20. The Balaban J connectivity index is 2.04. The molecule has 1 aliphatic heterocycles. The van der Waals surface area contributed by atoms with E-state index in [1.54, 1.807) is 0 Å². The Morgan fingerprint density at radius 1 is 1.33 bits per heavy atom. The van der Waals surface area contributed by atoms with E-state index in [4.69, 9.17) is 0 Å². The third-order valence-electron chi connectivity index (χ3n) is 2.81. The van der Waals surface area contributed by atoms with E-state index < -0.39 is 0 Å². The summed E-state index contributed by atoms with van der Waals surface area (Å²) in [5.74, 6) is 1.24. The first-order valence-electron chi connectivity index (χ1n) is 5.17. The third kappa shape index (κ3) is 1.68. The van der Waals surface area contributed by atoms with E-state index in [9.17, 15) is 0 Å². The van der Waals surface area contributed by atoms with Crippen LogP contribution < -0.4 is 0 Å². The van der Waals surface area contributed by atoms with E-state index in [1.165, 1.54) is 22.2 Å². The summed E-state index contributed by atoms with van der Waals surface area (Å²) in [6.45, 7) is 2.30. The second kappa shape index (κ2) is 3.80. The molecule has 0 amide bonds. The minimum atomic E-state index is 0.668. The van der Waals surface area contributed by atoms with Gasteiger partial charge in [-0.25, -0.2) is 0 Å². The van der Waals surface area contributed by atoms with Gasteiger partial charge in [0.15, 0.2) is 0 Å². The lowest BCUT2D eigenvalue weighted by Gasteiger charge is -2.06. The van der Waals surface area contributed by atoms with Gasteiger partial charge in [0.25, 0.3) is 0 Å². The van der Waals surface area contributed by atoms with Crippen LogP contribution in [0.1, 0.15) is 17.7 Å². The maximum absolute atomic E-state index is 3.36. The van der Waals surface area contributed by atoms with Gasteiger partial charge in [-0.3, -0.25) is 0 Å². The molecular weight excluding hydrogens is 222 g/mol. The Morgan fingerprint density at radius 2 is 2.20 bits per heavy atom. The highest BCUT2D eigenvalue weighted by atomic mass is 32.2. The van der Waals surface area contributed by atoms with Crippen molar-refractivity contribution in [3.63, 3.8) is 0 Å². The lowest BCUT2D eigenvalue weighted by Crippen LogP contribution is -1.89. The number of H-pyrrole nitrogens is 1. The molecular formula is C12H13NS2. The van der Waals surface area contributed by atoms with Gasteiger partial charge in [0.1, 0.15) is 0 Å². The normalized spacial score (nSPS) is 26.2. The van der Waals surface area contributed by atoms with E-state index in [2.05, 4.69) is 65.9 Å². The molecule has 2 heterocycles. The summed E-state index contributed by atoms with van der Waals surface area (Å²) in [5, 5.41) is 2.06. The molecule has 0 aliphatic carbocycles. The Bertz CT molecular complexity index is 477. The van der Waals surface area contributed by atoms with Crippen molar-refractivity contribution >= 4 is 34.4 Å². The van der Waals surface area contributed by atoms with Gasteiger partial charge in [-0.2, -0.15) is 0 Å². The fourth-order valence-electron chi connectivity index (χ4n) is 2.06. The number of para-hydroxylation sites is 1. The molecule has 1 aliphatic rings. The van der Waals surface area contributed by atoms with Gasteiger partial charge in [0.2, 0.25) is 0 Å². The zero-order chi connectivity index (χ0) is 10.3. The minimum Gasteiger partial charge on any atom is -0.361 e. The van der Waals surface area contributed by atoms with E-state index in [1.807, 2.05) is 0 Å². The van der Waals surface area contributed by atoms with Gasteiger partial charge in [-0.15, -0.1) is 23.5 Å². The van der Waals surface area contributed by atoms with Crippen LogP contribution in [0.5, 0.6) is 0 Å². The van der Waals surface area contributed by atoms with E-state index in [0.29, 0.717) is 5.25 Å². The summed E-state index contributed by atoms with van der Waals surface area (Å²) in [6.07, 6.45) is 2.18. The molecule has 1 nitrogen and oxygen atoms in total. The Labute approximate surface area is 98.0 Å². The molecule has 1 aromatic heterocycles. The van der Waals surface area contributed by atoms with Crippen LogP contribution in [0.15, 0.2) is 30.5 Å². The first-order valence-corrected chi connectivity index (χ1v) is 7.17. The quantitative estimate of drug-likeness (QED) is 0.803. The van der Waals surface area contributed by atoms with Crippen molar-refractivity contribution in [3.8, 4) is 0 Å². The van der Waals surface area contributed by atoms with Crippen LogP contribution in [0, 0.1) is 0 Å². The van der Waals surface area contributed by atoms with Gasteiger partial charge in [-0.05, 0) is 18.6 Å². The zero-order valence-electron chi connectivity index (χ0n) is 8.57. The largest absolute Gasteiger partial charge is 0.361 e. The summed E-state index contributed by atoms with van der Waals surface area (Å²) >= 11 is 4.14. The predicted molar refractivity (Wildman–Crippen MR) is 70.6 cm³/mol. The molecule has 0 saturated carbocycles. The molecule has 78 valence electrons. The first kappa shape index (κ1) is 9.67. The fraction of sp³-hybridized carbons (Fsp3) is 0.333. The SMILES string of the molecule is CC1SCC(c2c[nH]c3ccccc23)S1. The minimum absolute atomic E-state index is 0.668. The van der Waals surface area contributed by atoms with Gasteiger partial charge in [-0.1, -0.05) is 18.2 Å². The number of fused-ring (bicyclic) bond motifs is 1. The highest BCUT2D eigenvalue weighted by Crippen LogP contribution is 2.48. The maximum atomic E-state index is 3.36. The van der Waals surface area contributed by atoms with E-state index >= 15 is 0 Å². The number of aromatic nitrogens is 1. The molecule has 1 N–H and O–H groups in total. The first-order chi connectivity index (χ1) is 7.34. The van der Waals surface area contributed by atoms with Crippen molar-refractivity contribution in [1.29, 1.82) is 0 Å². The Morgan fingerprint density at radius 3 is 3.00 bits per heavy atom. The summed E-state index contributed by atoms with van der Waals surface area (Å²) in [4.78, 5) is 3.36. The topological polar surface area (TPSA) is 15.8 Å². The predicted octanol–water partition coefficient (Wildman–Crippen LogP) is 4.04. The van der Waals surface area contributed by atoms with Crippen LogP contribution in [-0.2, 0) is 0 Å². The number of thioether (sulfide) groups is 2. The third-order valence-corrected chi connectivity index (χ3v) is 5.89. The molecule has 2 aromatic rings. The van der Waals surface area contributed by atoms with Crippen molar-refractivity contribution < 1.29 is 0 Å². The van der Waals surface area contributed by atoms with E-state index in [-0.39, 0.29) is 0 Å². The smallest absolute Gasteiger partial charge is 0.0481 e. The van der Waals surface area contributed by atoms with Crippen LogP contribution in [-0.4, -0.2) is 15.3 Å². The fourth-order valence-corrected chi connectivity index (χ4v) is 4.99. The summed E-state index contributed by atoms with van der Waals surface area (Å²) in [7, 11) is 0. The number of hydrogen-bond donors (Lipinski definition) is 1. The van der Waals surface area contributed by atoms with Crippen molar-refractivity contribution in [3.05, 3.63) is 36.0 Å². The van der Waals surface area contributed by atoms with Crippen LogP contribution in [0.2, 0.25) is 0 Å². The second-order valence-corrected chi connectivity index (χ2v) is 7.04. The highest BCUT2D eigenvalue weighted by Gasteiger charge is 2.25. The molecule has 2 atom stereocenters. The lowest BCUT2D eigenvalue weighted by atomic mass is 10.1. The molecule has 3 heteroatoms. The molecule has 1 saturated heterocycles. The number of hydrogen-bond acceptors (Lipinski definition) is 2. The molecule has 0 radical (unpaired) electrons. The van der Waals surface area contributed by atoms with Crippen molar-refractivity contribution in [2.75, 3.05) is 5.75 Å². The number of rotatable bonds is 1. The lowest BCUT2D eigenvalue weighted by molar-refractivity contribution is 1.15. The summed E-state index contributed by atoms with van der Waals surface area (Å²) < 4.78 is 0.740. The molecule has 15 heavy (non-hydrogen) atoms. The monoisotopic (exact) mass is 235 g/mol. The average Bonchev–Trinajstić information content (AvgIpc) is 2.83. The standard InChI is InChI=1S/C12H13NS2/c1-8-14-7-12(15-8)10-6-13-11-5-3-2-4-9(10)11/h2-6,8,12-13H,7H2,1H3. The van der Waals surface area contributed by atoms with Gasteiger partial charge >= 0.3 is 0 Å². The van der Waals surface area contributed by atoms with Crippen LogP contribution >= 0.6 is 23.5 Å². The number of aromatic amines is 1. The van der Waals surface area contributed by atoms with Gasteiger partial charge in [0, 0.05) is 32.7 Å².